The first-order valence-corrected chi connectivity index (χ1v) is 10.8. The van der Waals surface area contributed by atoms with E-state index in [0.717, 1.165) is 62.0 Å². The lowest BCUT2D eigenvalue weighted by Crippen LogP contribution is -2.48. The molecular weight excluding hydrogens is 384 g/mol. The smallest absolute Gasteiger partial charge is 0.191 e. The molecule has 1 fully saturated rings. The standard InChI is InChI=1S/C23H31ClN4O/c1-2-25-23(26-13-10-18-4-3-5-22(29)16-18)27-21-11-14-28(15-12-21)17-19-6-8-20(24)9-7-19/h3-9,16,21,29H,2,10-15,17H2,1H3,(H2,25,26,27). The van der Waals surface area contributed by atoms with Crippen LogP contribution in [0.4, 0.5) is 0 Å². The second kappa shape index (κ2) is 11.1. The quantitative estimate of drug-likeness (QED) is 0.476. The van der Waals surface area contributed by atoms with Crippen molar-refractivity contribution in [2.75, 3.05) is 26.2 Å². The molecule has 0 unspecified atom stereocenters. The summed E-state index contributed by atoms with van der Waals surface area (Å²) < 4.78 is 0. The van der Waals surface area contributed by atoms with E-state index in [2.05, 4.69) is 34.6 Å². The lowest BCUT2D eigenvalue weighted by molar-refractivity contribution is 0.198. The number of aliphatic imine (C=N–C) groups is 1. The molecule has 1 heterocycles. The molecule has 6 heteroatoms. The Morgan fingerprint density at radius 3 is 2.59 bits per heavy atom. The first-order valence-electron chi connectivity index (χ1n) is 10.4. The zero-order valence-corrected chi connectivity index (χ0v) is 17.8. The minimum absolute atomic E-state index is 0.307. The van der Waals surface area contributed by atoms with Gasteiger partial charge in [0, 0.05) is 43.8 Å². The van der Waals surface area contributed by atoms with Gasteiger partial charge in [-0.05, 0) is 61.6 Å². The van der Waals surface area contributed by atoms with E-state index >= 15 is 0 Å². The van der Waals surface area contributed by atoms with Gasteiger partial charge in [-0.1, -0.05) is 35.9 Å². The molecule has 2 aromatic rings. The maximum atomic E-state index is 9.58. The molecule has 1 aliphatic rings. The number of halogens is 1. The van der Waals surface area contributed by atoms with Gasteiger partial charge < -0.3 is 15.7 Å². The maximum Gasteiger partial charge on any atom is 0.191 e. The number of phenolic OH excluding ortho intramolecular Hbond substituents is 1. The maximum absolute atomic E-state index is 9.58. The first-order chi connectivity index (χ1) is 14.1. The minimum Gasteiger partial charge on any atom is -0.508 e. The van der Waals surface area contributed by atoms with Crippen molar-refractivity contribution >= 4 is 17.6 Å². The fourth-order valence-corrected chi connectivity index (χ4v) is 3.73. The van der Waals surface area contributed by atoms with Crippen LogP contribution in [0.15, 0.2) is 53.5 Å². The Balaban J connectivity index is 1.45. The molecule has 5 nitrogen and oxygen atoms in total. The van der Waals surface area contributed by atoms with Crippen LogP contribution in [-0.2, 0) is 13.0 Å². The molecule has 0 saturated carbocycles. The molecule has 2 aromatic carbocycles. The van der Waals surface area contributed by atoms with E-state index in [0.29, 0.717) is 18.3 Å². The van der Waals surface area contributed by atoms with E-state index in [9.17, 15) is 5.11 Å². The fraction of sp³-hybridized carbons (Fsp3) is 0.435. The van der Waals surface area contributed by atoms with Crippen LogP contribution < -0.4 is 10.6 Å². The van der Waals surface area contributed by atoms with Gasteiger partial charge in [-0.2, -0.15) is 0 Å². The lowest BCUT2D eigenvalue weighted by atomic mass is 10.0. The highest BCUT2D eigenvalue weighted by atomic mass is 35.5. The summed E-state index contributed by atoms with van der Waals surface area (Å²) in [5.41, 5.74) is 2.41. The molecule has 0 spiro atoms. The highest BCUT2D eigenvalue weighted by Gasteiger charge is 2.20. The topological polar surface area (TPSA) is 59.9 Å². The zero-order valence-electron chi connectivity index (χ0n) is 17.1. The number of phenols is 1. The lowest BCUT2D eigenvalue weighted by Gasteiger charge is -2.33. The number of benzene rings is 2. The molecule has 156 valence electrons. The first kappa shape index (κ1) is 21.5. The third-order valence-electron chi connectivity index (χ3n) is 5.17. The summed E-state index contributed by atoms with van der Waals surface area (Å²) in [4.78, 5) is 7.21. The Labute approximate surface area is 178 Å². The number of hydrogen-bond donors (Lipinski definition) is 3. The Hall–Kier alpha value is -2.24. The average molecular weight is 415 g/mol. The summed E-state index contributed by atoms with van der Waals surface area (Å²) >= 11 is 5.98. The summed E-state index contributed by atoms with van der Waals surface area (Å²) in [6.07, 6.45) is 3.01. The summed E-state index contributed by atoms with van der Waals surface area (Å²) in [6, 6.07) is 16.0. The van der Waals surface area contributed by atoms with Crippen molar-refractivity contribution in [1.29, 1.82) is 0 Å². The monoisotopic (exact) mass is 414 g/mol. The van der Waals surface area contributed by atoms with Crippen molar-refractivity contribution < 1.29 is 5.11 Å². The molecule has 1 aliphatic heterocycles. The predicted octanol–water partition coefficient (Wildman–Crippen LogP) is 3.81. The van der Waals surface area contributed by atoms with Gasteiger partial charge in [-0.25, -0.2) is 0 Å². The Kier molecular flexibility index (Phi) is 8.20. The number of guanidine groups is 1. The van der Waals surface area contributed by atoms with Gasteiger partial charge in [0.05, 0.1) is 0 Å². The molecule has 0 aromatic heterocycles. The Bertz CT molecular complexity index is 786. The third kappa shape index (κ3) is 7.26. The Morgan fingerprint density at radius 1 is 1.14 bits per heavy atom. The van der Waals surface area contributed by atoms with E-state index < -0.39 is 0 Å². The fourth-order valence-electron chi connectivity index (χ4n) is 3.61. The molecule has 29 heavy (non-hydrogen) atoms. The minimum atomic E-state index is 0.307. The molecule has 1 saturated heterocycles. The van der Waals surface area contributed by atoms with Crippen molar-refractivity contribution in [1.82, 2.24) is 15.5 Å². The summed E-state index contributed by atoms with van der Waals surface area (Å²) in [6.45, 7) is 6.73. The molecule has 0 aliphatic carbocycles. The van der Waals surface area contributed by atoms with Crippen molar-refractivity contribution in [2.45, 2.75) is 38.8 Å². The van der Waals surface area contributed by atoms with E-state index in [1.165, 1.54) is 5.56 Å². The van der Waals surface area contributed by atoms with E-state index in [4.69, 9.17) is 16.6 Å². The highest BCUT2D eigenvalue weighted by molar-refractivity contribution is 6.30. The van der Waals surface area contributed by atoms with Crippen LogP contribution in [0.2, 0.25) is 5.02 Å². The number of rotatable bonds is 7. The van der Waals surface area contributed by atoms with E-state index in [-0.39, 0.29) is 0 Å². The van der Waals surface area contributed by atoms with Crippen molar-refractivity contribution in [3.05, 3.63) is 64.7 Å². The third-order valence-corrected chi connectivity index (χ3v) is 5.43. The molecule has 3 N–H and O–H groups in total. The SMILES string of the molecule is CCNC(=NCCc1cccc(O)c1)NC1CCN(Cc2ccc(Cl)cc2)CC1. The van der Waals surface area contributed by atoms with Gasteiger partial charge in [0.1, 0.15) is 5.75 Å². The highest BCUT2D eigenvalue weighted by Crippen LogP contribution is 2.16. The number of nitrogens with one attached hydrogen (secondary N) is 2. The number of nitrogens with zero attached hydrogens (tertiary/aromatic N) is 2. The van der Waals surface area contributed by atoms with Crippen molar-refractivity contribution in [3.8, 4) is 5.75 Å². The van der Waals surface area contributed by atoms with Gasteiger partial charge in [0.2, 0.25) is 0 Å². The molecule has 0 bridgehead atoms. The van der Waals surface area contributed by atoms with Crippen LogP contribution in [-0.4, -0.2) is 48.2 Å². The van der Waals surface area contributed by atoms with Gasteiger partial charge in [-0.15, -0.1) is 0 Å². The van der Waals surface area contributed by atoms with Gasteiger partial charge in [0.15, 0.2) is 5.96 Å². The van der Waals surface area contributed by atoms with Crippen LogP contribution in [0.5, 0.6) is 5.75 Å². The van der Waals surface area contributed by atoms with Crippen molar-refractivity contribution in [2.24, 2.45) is 4.99 Å². The molecular formula is C23H31ClN4O. The van der Waals surface area contributed by atoms with E-state index in [1.54, 1.807) is 12.1 Å². The van der Waals surface area contributed by atoms with E-state index in [1.807, 2.05) is 24.3 Å². The number of likely N-dealkylation sites (tertiary alicyclic amines) is 1. The molecule has 0 radical (unpaired) electrons. The van der Waals surface area contributed by atoms with Crippen LogP contribution in [0.25, 0.3) is 0 Å². The molecule has 0 atom stereocenters. The largest absolute Gasteiger partial charge is 0.508 e. The van der Waals surface area contributed by atoms with Gasteiger partial charge in [-0.3, -0.25) is 9.89 Å². The Morgan fingerprint density at radius 2 is 1.90 bits per heavy atom. The number of hydrogen-bond acceptors (Lipinski definition) is 3. The van der Waals surface area contributed by atoms with Crippen LogP contribution in [0.3, 0.4) is 0 Å². The van der Waals surface area contributed by atoms with Gasteiger partial charge >= 0.3 is 0 Å². The second-order valence-electron chi connectivity index (χ2n) is 7.50. The van der Waals surface area contributed by atoms with Crippen LogP contribution in [0.1, 0.15) is 30.9 Å². The van der Waals surface area contributed by atoms with Crippen LogP contribution in [0, 0.1) is 0 Å². The van der Waals surface area contributed by atoms with Gasteiger partial charge in [0.25, 0.3) is 0 Å². The molecule has 3 rings (SSSR count). The second-order valence-corrected chi connectivity index (χ2v) is 7.94. The summed E-state index contributed by atoms with van der Waals surface area (Å²) in [5.74, 6) is 1.19. The predicted molar refractivity (Wildman–Crippen MR) is 121 cm³/mol. The number of piperidine rings is 1. The zero-order chi connectivity index (χ0) is 20.5. The summed E-state index contributed by atoms with van der Waals surface area (Å²) in [5, 5.41) is 17.3. The number of aromatic hydroxyl groups is 1. The molecule has 0 amide bonds. The summed E-state index contributed by atoms with van der Waals surface area (Å²) in [7, 11) is 0. The average Bonchev–Trinajstić information content (AvgIpc) is 2.71. The van der Waals surface area contributed by atoms with Crippen molar-refractivity contribution in [3.63, 3.8) is 0 Å². The van der Waals surface area contributed by atoms with Crippen LogP contribution >= 0.6 is 11.6 Å². The normalized spacial score (nSPS) is 16.0.